The van der Waals surface area contributed by atoms with Crippen LogP contribution in [-0.4, -0.2) is 35.3 Å². The molecule has 0 aliphatic carbocycles. The first-order chi connectivity index (χ1) is 16.9. The van der Waals surface area contributed by atoms with Gasteiger partial charge in [-0.1, -0.05) is 31.2 Å². The Labute approximate surface area is 202 Å². The van der Waals surface area contributed by atoms with E-state index in [2.05, 4.69) is 5.32 Å². The molecule has 35 heavy (non-hydrogen) atoms. The van der Waals surface area contributed by atoms with E-state index < -0.39 is 29.7 Å². The minimum absolute atomic E-state index is 0.150. The van der Waals surface area contributed by atoms with Gasteiger partial charge in [0.2, 0.25) is 5.91 Å². The van der Waals surface area contributed by atoms with E-state index in [4.69, 9.17) is 0 Å². The van der Waals surface area contributed by atoms with Gasteiger partial charge in [0.05, 0.1) is 12.1 Å². The molecule has 6 nitrogen and oxygen atoms in total. The molecule has 1 aliphatic heterocycles. The second kappa shape index (κ2) is 10.5. The lowest BCUT2D eigenvalue weighted by Crippen LogP contribution is -2.39. The predicted molar refractivity (Wildman–Crippen MR) is 129 cm³/mol. The zero-order valence-corrected chi connectivity index (χ0v) is 19.2. The number of carbonyl (C=O) groups is 3. The highest BCUT2D eigenvalue weighted by molar-refractivity contribution is 6.22. The standard InChI is InChI=1S/C27H25F2N3O3/c1-2-18-5-11-22(12-6-18)30-25(33)17-24-26(34)32(23-13-9-21(29)10-14-23)27(35)31(24)16-15-19-3-7-20(28)8-4-19/h3-14,24H,2,15-17H2,1H3,(H,30,33)/t24-/m1/s1. The Hall–Kier alpha value is -4.07. The monoisotopic (exact) mass is 477 g/mol. The molecule has 1 saturated heterocycles. The van der Waals surface area contributed by atoms with Crippen LogP contribution in [0, 0.1) is 11.6 Å². The van der Waals surface area contributed by atoms with E-state index in [0.29, 0.717) is 12.1 Å². The van der Waals surface area contributed by atoms with Crippen molar-refractivity contribution in [1.29, 1.82) is 0 Å². The topological polar surface area (TPSA) is 69.7 Å². The van der Waals surface area contributed by atoms with E-state index >= 15 is 0 Å². The van der Waals surface area contributed by atoms with Crippen molar-refractivity contribution in [3.8, 4) is 0 Å². The van der Waals surface area contributed by atoms with Crippen molar-refractivity contribution >= 4 is 29.2 Å². The van der Waals surface area contributed by atoms with Gasteiger partial charge in [0.1, 0.15) is 17.7 Å². The molecule has 3 aromatic rings. The molecule has 1 atom stereocenters. The normalized spacial score (nSPS) is 15.6. The fourth-order valence-corrected chi connectivity index (χ4v) is 4.03. The summed E-state index contributed by atoms with van der Waals surface area (Å²) in [6.45, 7) is 2.18. The lowest BCUT2D eigenvalue weighted by Gasteiger charge is -2.21. The van der Waals surface area contributed by atoms with Crippen LogP contribution in [0.25, 0.3) is 0 Å². The quantitative estimate of drug-likeness (QED) is 0.468. The third-order valence-electron chi connectivity index (χ3n) is 5.98. The Morgan fingerprint density at radius 3 is 2.03 bits per heavy atom. The third kappa shape index (κ3) is 5.54. The largest absolute Gasteiger partial charge is 0.332 e. The Morgan fingerprint density at radius 1 is 0.857 bits per heavy atom. The van der Waals surface area contributed by atoms with Gasteiger partial charge in [-0.05, 0) is 72.5 Å². The number of aryl methyl sites for hydroxylation is 1. The van der Waals surface area contributed by atoms with E-state index in [0.717, 1.165) is 22.4 Å². The SMILES string of the molecule is CCc1ccc(NC(=O)C[C@@H]2C(=O)N(c3ccc(F)cc3)C(=O)N2CCc2ccc(F)cc2)cc1. The molecule has 8 heteroatoms. The van der Waals surface area contributed by atoms with E-state index in [1.807, 2.05) is 19.1 Å². The molecular formula is C27H25F2N3O3. The smallest absolute Gasteiger partial charge is 0.326 e. The highest BCUT2D eigenvalue weighted by atomic mass is 19.1. The number of anilines is 2. The van der Waals surface area contributed by atoms with Gasteiger partial charge in [-0.3, -0.25) is 9.59 Å². The van der Waals surface area contributed by atoms with Gasteiger partial charge in [0.25, 0.3) is 5.91 Å². The van der Waals surface area contributed by atoms with Crippen LogP contribution in [0.15, 0.2) is 72.8 Å². The summed E-state index contributed by atoms with van der Waals surface area (Å²) in [6, 6.07) is 16.7. The molecular weight excluding hydrogens is 452 g/mol. The number of halogens is 2. The van der Waals surface area contributed by atoms with E-state index in [-0.39, 0.29) is 24.5 Å². The molecule has 0 spiro atoms. The lowest BCUT2D eigenvalue weighted by atomic mass is 10.1. The second-order valence-electron chi connectivity index (χ2n) is 8.32. The molecule has 3 aromatic carbocycles. The summed E-state index contributed by atoms with van der Waals surface area (Å²) < 4.78 is 26.7. The second-order valence-corrected chi connectivity index (χ2v) is 8.32. The van der Waals surface area contributed by atoms with Crippen molar-refractivity contribution in [2.24, 2.45) is 0 Å². The van der Waals surface area contributed by atoms with Gasteiger partial charge in [-0.25, -0.2) is 18.5 Å². The number of rotatable bonds is 8. The average molecular weight is 478 g/mol. The van der Waals surface area contributed by atoms with Crippen LogP contribution in [0.1, 0.15) is 24.5 Å². The average Bonchev–Trinajstić information content (AvgIpc) is 3.08. The van der Waals surface area contributed by atoms with Gasteiger partial charge < -0.3 is 10.2 Å². The molecule has 1 aliphatic rings. The molecule has 1 N–H and O–H groups in total. The Balaban J connectivity index is 1.54. The predicted octanol–water partition coefficient (Wildman–Crippen LogP) is 4.94. The number of nitrogens with one attached hydrogen (secondary N) is 1. The Kier molecular flexibility index (Phi) is 7.19. The first-order valence-electron chi connectivity index (χ1n) is 11.4. The Morgan fingerprint density at radius 2 is 1.43 bits per heavy atom. The number of nitrogens with zero attached hydrogens (tertiary/aromatic N) is 2. The Bertz CT molecular complexity index is 1210. The van der Waals surface area contributed by atoms with E-state index in [1.165, 1.54) is 41.3 Å². The van der Waals surface area contributed by atoms with Crippen LogP contribution in [0.3, 0.4) is 0 Å². The first-order valence-corrected chi connectivity index (χ1v) is 11.4. The zero-order chi connectivity index (χ0) is 24.9. The van der Waals surface area contributed by atoms with Crippen molar-refractivity contribution in [3.63, 3.8) is 0 Å². The van der Waals surface area contributed by atoms with E-state index in [9.17, 15) is 23.2 Å². The number of hydrogen-bond donors (Lipinski definition) is 1. The number of imide groups is 1. The summed E-state index contributed by atoms with van der Waals surface area (Å²) in [6.07, 6.45) is 1.00. The number of benzene rings is 3. The van der Waals surface area contributed by atoms with Crippen LogP contribution in [0.4, 0.5) is 25.0 Å². The lowest BCUT2D eigenvalue weighted by molar-refractivity contribution is -0.124. The molecule has 1 fully saturated rings. The molecule has 1 heterocycles. The maximum absolute atomic E-state index is 13.4. The molecule has 4 amide bonds. The first kappa shape index (κ1) is 24.1. The van der Waals surface area contributed by atoms with Crippen molar-refractivity contribution < 1.29 is 23.2 Å². The van der Waals surface area contributed by atoms with Crippen molar-refractivity contribution in [2.75, 3.05) is 16.8 Å². The van der Waals surface area contributed by atoms with Crippen molar-refractivity contribution in [3.05, 3.63) is 95.6 Å². The highest BCUT2D eigenvalue weighted by Crippen LogP contribution is 2.28. The highest BCUT2D eigenvalue weighted by Gasteiger charge is 2.46. The van der Waals surface area contributed by atoms with E-state index in [1.54, 1.807) is 24.3 Å². The van der Waals surface area contributed by atoms with Gasteiger partial charge in [-0.15, -0.1) is 0 Å². The summed E-state index contributed by atoms with van der Waals surface area (Å²) in [5, 5.41) is 2.78. The number of hydrogen-bond acceptors (Lipinski definition) is 3. The zero-order valence-electron chi connectivity index (χ0n) is 19.2. The van der Waals surface area contributed by atoms with Crippen LogP contribution in [0.2, 0.25) is 0 Å². The molecule has 0 aromatic heterocycles. The number of urea groups is 1. The fourth-order valence-electron chi connectivity index (χ4n) is 4.03. The number of amides is 4. The third-order valence-corrected chi connectivity index (χ3v) is 5.98. The van der Waals surface area contributed by atoms with Gasteiger partial charge >= 0.3 is 6.03 Å². The molecule has 180 valence electrons. The molecule has 0 radical (unpaired) electrons. The van der Waals surface area contributed by atoms with Crippen LogP contribution in [0.5, 0.6) is 0 Å². The van der Waals surface area contributed by atoms with Crippen molar-refractivity contribution in [2.45, 2.75) is 32.2 Å². The maximum Gasteiger partial charge on any atom is 0.332 e. The molecule has 0 saturated carbocycles. The van der Waals surface area contributed by atoms with Crippen LogP contribution < -0.4 is 10.2 Å². The van der Waals surface area contributed by atoms with Crippen LogP contribution in [-0.2, 0) is 22.4 Å². The molecule has 0 bridgehead atoms. The summed E-state index contributed by atoms with van der Waals surface area (Å²) in [5.74, 6) is -1.83. The summed E-state index contributed by atoms with van der Waals surface area (Å²) in [5.41, 5.74) is 2.73. The van der Waals surface area contributed by atoms with Gasteiger partial charge in [0, 0.05) is 12.2 Å². The molecule has 0 unspecified atom stereocenters. The van der Waals surface area contributed by atoms with Gasteiger partial charge in [0.15, 0.2) is 0 Å². The minimum atomic E-state index is -1.03. The minimum Gasteiger partial charge on any atom is -0.326 e. The van der Waals surface area contributed by atoms with Gasteiger partial charge in [-0.2, -0.15) is 0 Å². The number of carbonyl (C=O) groups excluding carboxylic acids is 3. The summed E-state index contributed by atoms with van der Waals surface area (Å²) in [4.78, 5) is 41.6. The molecule has 4 rings (SSSR count). The maximum atomic E-state index is 13.4. The summed E-state index contributed by atoms with van der Waals surface area (Å²) in [7, 11) is 0. The summed E-state index contributed by atoms with van der Waals surface area (Å²) >= 11 is 0. The van der Waals surface area contributed by atoms with Crippen LogP contribution >= 0.6 is 0 Å². The fraction of sp³-hybridized carbons (Fsp3) is 0.222. The van der Waals surface area contributed by atoms with Crippen molar-refractivity contribution in [1.82, 2.24) is 4.90 Å².